The van der Waals surface area contributed by atoms with Crippen LogP contribution in [0.1, 0.15) is 23.0 Å². The van der Waals surface area contributed by atoms with Crippen LogP contribution in [0.4, 0.5) is 11.4 Å². The smallest absolute Gasteiger partial charge is 0.270 e. The Morgan fingerprint density at radius 2 is 2.17 bits per heavy atom. The summed E-state index contributed by atoms with van der Waals surface area (Å²) >= 11 is 0. The van der Waals surface area contributed by atoms with E-state index in [0.29, 0.717) is 11.4 Å². The van der Waals surface area contributed by atoms with Gasteiger partial charge in [-0.1, -0.05) is 0 Å². The molecule has 0 bridgehead atoms. The molecular weight excluding hydrogens is 302 g/mol. The average molecular weight is 319 g/mol. The van der Waals surface area contributed by atoms with Gasteiger partial charge in [-0.05, 0) is 25.1 Å². The van der Waals surface area contributed by atoms with Gasteiger partial charge in [0, 0.05) is 24.9 Å². The first-order chi connectivity index (χ1) is 10.8. The summed E-state index contributed by atoms with van der Waals surface area (Å²) in [6.45, 7) is 1.62. The first kappa shape index (κ1) is 16.5. The van der Waals surface area contributed by atoms with Crippen LogP contribution in [0.5, 0.6) is 0 Å². The number of furan rings is 1. The molecule has 2 rings (SSSR count). The van der Waals surface area contributed by atoms with E-state index in [1.807, 2.05) is 0 Å². The Labute approximate surface area is 132 Å². The Morgan fingerprint density at radius 3 is 2.74 bits per heavy atom. The SMILES string of the molecule is CNC(=O)c1cc([N+](=O)[O-])ccc1NCC(C)(O)c1ccco1. The monoisotopic (exact) mass is 319 g/mol. The van der Waals surface area contributed by atoms with Crippen molar-refractivity contribution in [2.24, 2.45) is 0 Å². The largest absolute Gasteiger partial charge is 0.466 e. The number of nitrogens with zero attached hydrogens (tertiary/aromatic N) is 1. The maximum atomic E-state index is 11.9. The summed E-state index contributed by atoms with van der Waals surface area (Å²) in [5.41, 5.74) is -0.990. The van der Waals surface area contributed by atoms with Crippen molar-refractivity contribution in [2.75, 3.05) is 18.9 Å². The number of hydrogen-bond acceptors (Lipinski definition) is 6. The van der Waals surface area contributed by atoms with Crippen molar-refractivity contribution in [3.63, 3.8) is 0 Å². The van der Waals surface area contributed by atoms with E-state index in [1.54, 1.807) is 19.1 Å². The normalized spacial score (nSPS) is 13.2. The van der Waals surface area contributed by atoms with E-state index in [0.717, 1.165) is 0 Å². The molecule has 1 aromatic carbocycles. The summed E-state index contributed by atoms with van der Waals surface area (Å²) in [6, 6.07) is 7.20. The van der Waals surface area contributed by atoms with Crippen LogP contribution in [-0.2, 0) is 5.60 Å². The standard InChI is InChI=1S/C15H17N3O5/c1-15(20,13-4-3-7-23-13)9-17-12-6-5-10(18(21)22)8-11(12)14(19)16-2/h3-8,17,20H,9H2,1-2H3,(H,16,19). The fourth-order valence-electron chi connectivity index (χ4n) is 2.06. The van der Waals surface area contributed by atoms with E-state index in [2.05, 4.69) is 10.6 Å². The molecular formula is C15H17N3O5. The lowest BCUT2D eigenvalue weighted by Crippen LogP contribution is -2.31. The van der Waals surface area contributed by atoms with Crippen LogP contribution in [0, 0.1) is 10.1 Å². The molecule has 2 aromatic rings. The molecule has 122 valence electrons. The Hall–Kier alpha value is -2.87. The Bertz CT molecular complexity index is 710. The molecule has 0 spiro atoms. The fourth-order valence-corrected chi connectivity index (χ4v) is 2.06. The van der Waals surface area contributed by atoms with Crippen molar-refractivity contribution in [3.05, 3.63) is 58.0 Å². The van der Waals surface area contributed by atoms with E-state index in [4.69, 9.17) is 4.42 Å². The summed E-state index contributed by atoms with van der Waals surface area (Å²) < 4.78 is 5.18. The van der Waals surface area contributed by atoms with E-state index in [-0.39, 0.29) is 17.8 Å². The van der Waals surface area contributed by atoms with Crippen LogP contribution in [0.2, 0.25) is 0 Å². The van der Waals surface area contributed by atoms with Gasteiger partial charge in [-0.2, -0.15) is 0 Å². The van der Waals surface area contributed by atoms with Gasteiger partial charge >= 0.3 is 0 Å². The highest BCUT2D eigenvalue weighted by molar-refractivity contribution is 6.00. The third kappa shape index (κ3) is 3.67. The third-order valence-corrected chi connectivity index (χ3v) is 3.36. The highest BCUT2D eigenvalue weighted by Gasteiger charge is 2.27. The van der Waals surface area contributed by atoms with E-state index in [9.17, 15) is 20.0 Å². The summed E-state index contributed by atoms with van der Waals surface area (Å²) in [6.07, 6.45) is 1.45. The Kier molecular flexibility index (Phi) is 4.65. The topological polar surface area (TPSA) is 118 Å². The molecule has 1 aromatic heterocycles. The lowest BCUT2D eigenvalue weighted by Gasteiger charge is -2.22. The number of non-ortho nitro benzene ring substituents is 1. The molecule has 1 atom stereocenters. The number of hydrogen-bond donors (Lipinski definition) is 3. The predicted molar refractivity (Wildman–Crippen MR) is 83.3 cm³/mol. The molecule has 0 aliphatic carbocycles. The maximum absolute atomic E-state index is 11.9. The number of carbonyl (C=O) groups excluding carboxylic acids is 1. The molecule has 8 heteroatoms. The first-order valence-electron chi connectivity index (χ1n) is 6.86. The molecule has 0 fully saturated rings. The van der Waals surface area contributed by atoms with Gasteiger partial charge in [0.2, 0.25) is 0 Å². The second kappa shape index (κ2) is 6.49. The van der Waals surface area contributed by atoms with Crippen molar-refractivity contribution in [1.29, 1.82) is 0 Å². The van der Waals surface area contributed by atoms with Crippen molar-refractivity contribution < 1.29 is 19.2 Å². The number of amides is 1. The second-order valence-electron chi connectivity index (χ2n) is 5.17. The summed E-state index contributed by atoms with van der Waals surface area (Å²) in [7, 11) is 1.43. The molecule has 0 radical (unpaired) electrons. The van der Waals surface area contributed by atoms with Gasteiger partial charge in [0.15, 0.2) is 0 Å². The summed E-state index contributed by atoms with van der Waals surface area (Å²) in [5, 5.41) is 26.6. The number of benzene rings is 1. The molecule has 0 aliphatic rings. The number of aliphatic hydroxyl groups is 1. The fraction of sp³-hybridized carbons (Fsp3) is 0.267. The zero-order valence-corrected chi connectivity index (χ0v) is 12.7. The van der Waals surface area contributed by atoms with Crippen LogP contribution >= 0.6 is 0 Å². The lowest BCUT2D eigenvalue weighted by atomic mass is 10.0. The van der Waals surface area contributed by atoms with Crippen LogP contribution in [0.25, 0.3) is 0 Å². The second-order valence-corrected chi connectivity index (χ2v) is 5.17. The number of nitrogens with one attached hydrogen (secondary N) is 2. The van der Waals surface area contributed by atoms with E-state index in [1.165, 1.54) is 31.5 Å². The van der Waals surface area contributed by atoms with Gasteiger partial charge in [0.25, 0.3) is 11.6 Å². The quantitative estimate of drug-likeness (QED) is 0.552. The average Bonchev–Trinajstić information content (AvgIpc) is 3.07. The molecule has 3 N–H and O–H groups in total. The van der Waals surface area contributed by atoms with E-state index < -0.39 is 16.4 Å². The van der Waals surface area contributed by atoms with Crippen molar-refractivity contribution >= 4 is 17.3 Å². The molecule has 1 heterocycles. The van der Waals surface area contributed by atoms with Gasteiger partial charge in [-0.25, -0.2) is 0 Å². The van der Waals surface area contributed by atoms with Crippen molar-refractivity contribution in [3.8, 4) is 0 Å². The minimum Gasteiger partial charge on any atom is -0.466 e. The minimum atomic E-state index is -1.30. The van der Waals surface area contributed by atoms with Gasteiger partial charge in [0.05, 0.1) is 23.3 Å². The number of carbonyl (C=O) groups is 1. The highest BCUT2D eigenvalue weighted by atomic mass is 16.6. The maximum Gasteiger partial charge on any atom is 0.270 e. The highest BCUT2D eigenvalue weighted by Crippen LogP contribution is 2.25. The van der Waals surface area contributed by atoms with Crippen LogP contribution in [0.15, 0.2) is 41.0 Å². The van der Waals surface area contributed by atoms with E-state index >= 15 is 0 Å². The first-order valence-corrected chi connectivity index (χ1v) is 6.86. The third-order valence-electron chi connectivity index (χ3n) is 3.36. The Balaban J connectivity index is 2.25. The van der Waals surface area contributed by atoms with Gasteiger partial charge in [0.1, 0.15) is 11.4 Å². The van der Waals surface area contributed by atoms with Gasteiger partial charge in [-0.3, -0.25) is 14.9 Å². The molecule has 1 unspecified atom stereocenters. The molecule has 0 saturated heterocycles. The zero-order valence-electron chi connectivity index (χ0n) is 12.7. The summed E-state index contributed by atoms with van der Waals surface area (Å²) in [5.74, 6) is -0.0951. The lowest BCUT2D eigenvalue weighted by molar-refractivity contribution is -0.384. The van der Waals surface area contributed by atoms with Gasteiger partial charge in [-0.15, -0.1) is 0 Å². The number of anilines is 1. The zero-order chi connectivity index (χ0) is 17.0. The number of nitro groups is 1. The minimum absolute atomic E-state index is 0.0579. The number of rotatable bonds is 6. The van der Waals surface area contributed by atoms with Gasteiger partial charge < -0.3 is 20.2 Å². The molecule has 8 nitrogen and oxygen atoms in total. The predicted octanol–water partition coefficient (Wildman–Crippen LogP) is 1.87. The molecule has 0 saturated carbocycles. The van der Waals surface area contributed by atoms with Crippen LogP contribution in [0.3, 0.4) is 0 Å². The molecule has 1 amide bonds. The molecule has 0 aliphatic heterocycles. The molecule has 23 heavy (non-hydrogen) atoms. The summed E-state index contributed by atoms with van der Waals surface area (Å²) in [4.78, 5) is 22.2. The number of nitro benzene ring substituents is 1. The van der Waals surface area contributed by atoms with Crippen LogP contribution < -0.4 is 10.6 Å². The van der Waals surface area contributed by atoms with Crippen molar-refractivity contribution in [1.82, 2.24) is 5.32 Å². The van der Waals surface area contributed by atoms with Crippen LogP contribution in [-0.4, -0.2) is 29.5 Å². The Morgan fingerprint density at radius 1 is 1.43 bits per heavy atom. The van der Waals surface area contributed by atoms with Crippen molar-refractivity contribution in [2.45, 2.75) is 12.5 Å².